The number of H-pyrrole nitrogens is 1. The maximum Gasteiger partial charge on any atom is 0.150 e. The van der Waals surface area contributed by atoms with Crippen LogP contribution in [0.4, 0.5) is 0 Å². The molecule has 0 bridgehead atoms. The highest BCUT2D eigenvalue weighted by Gasteiger charge is 2.38. The molecule has 2 heterocycles. The van der Waals surface area contributed by atoms with E-state index in [1.54, 1.807) is 11.1 Å². The summed E-state index contributed by atoms with van der Waals surface area (Å²) in [7, 11) is 0. The van der Waals surface area contributed by atoms with Crippen molar-refractivity contribution in [3.63, 3.8) is 0 Å². The lowest BCUT2D eigenvalue weighted by Gasteiger charge is -2.35. The molecule has 1 aliphatic heterocycles. The summed E-state index contributed by atoms with van der Waals surface area (Å²) in [6.07, 6.45) is 9.95. The second-order valence-corrected chi connectivity index (χ2v) is 6.83. The van der Waals surface area contributed by atoms with Crippen molar-refractivity contribution in [2.45, 2.75) is 51.4 Å². The maximum atomic E-state index is 12.1. The number of Topliss-reactive ketones (excluding diaryl/α,β-unsaturated/α-hetero) is 1. The van der Waals surface area contributed by atoms with E-state index in [4.69, 9.17) is 0 Å². The molecule has 0 saturated carbocycles. The van der Waals surface area contributed by atoms with E-state index in [-0.39, 0.29) is 5.92 Å². The molecule has 0 unspecified atom stereocenters. The average Bonchev–Trinajstić information content (AvgIpc) is 2.73. The molecule has 2 aliphatic carbocycles. The predicted molar refractivity (Wildman–Crippen MR) is 78.9 cm³/mol. The van der Waals surface area contributed by atoms with E-state index in [1.807, 2.05) is 0 Å². The first-order valence-corrected chi connectivity index (χ1v) is 8.28. The lowest BCUT2D eigenvalue weighted by Crippen LogP contribution is -2.47. The van der Waals surface area contributed by atoms with E-state index in [9.17, 15) is 4.79 Å². The highest BCUT2D eigenvalue weighted by atomic mass is 16.1. The molecule has 0 aromatic carbocycles. The molecular formula is C17H24N2O. The fraction of sp³-hybridized carbons (Fsp3) is 0.706. The summed E-state index contributed by atoms with van der Waals surface area (Å²) >= 11 is 0. The van der Waals surface area contributed by atoms with E-state index in [2.05, 4.69) is 10.3 Å². The summed E-state index contributed by atoms with van der Waals surface area (Å²) in [4.78, 5) is 15.8. The fourth-order valence-corrected chi connectivity index (χ4v) is 4.48. The van der Waals surface area contributed by atoms with Crippen LogP contribution in [0, 0.1) is 11.8 Å². The zero-order valence-corrected chi connectivity index (χ0v) is 12.1. The summed E-state index contributed by atoms with van der Waals surface area (Å²) in [5, 5.41) is 3.30. The van der Waals surface area contributed by atoms with Gasteiger partial charge in [-0.05, 0) is 62.1 Å². The van der Waals surface area contributed by atoms with E-state index >= 15 is 0 Å². The standard InChI is InChI=1S/C17H24N2O/c20-17-10-18-9-11-7-14-12-5-3-1-2-4-6-15(12)19-16(14)8-13(11)17/h11,13,18-19H,1-10H2/t11-,13+/m1/s1. The number of aryl methyl sites for hydroxylation is 1. The highest BCUT2D eigenvalue weighted by Crippen LogP contribution is 2.36. The molecule has 20 heavy (non-hydrogen) atoms. The number of carbonyl (C=O) groups excluding carboxylic acids is 1. The van der Waals surface area contributed by atoms with Gasteiger partial charge in [0, 0.05) is 17.3 Å². The molecule has 3 nitrogen and oxygen atoms in total. The summed E-state index contributed by atoms with van der Waals surface area (Å²) in [5.74, 6) is 1.23. The van der Waals surface area contributed by atoms with Crippen molar-refractivity contribution in [3.05, 3.63) is 22.5 Å². The number of carbonyl (C=O) groups is 1. The van der Waals surface area contributed by atoms with Crippen LogP contribution in [0.5, 0.6) is 0 Å². The number of aromatic nitrogens is 1. The number of fused-ring (bicyclic) bond motifs is 4. The van der Waals surface area contributed by atoms with Gasteiger partial charge < -0.3 is 10.3 Å². The van der Waals surface area contributed by atoms with Gasteiger partial charge in [0.2, 0.25) is 0 Å². The normalized spacial score (nSPS) is 29.9. The first-order chi connectivity index (χ1) is 9.83. The minimum atomic E-state index is 0.272. The van der Waals surface area contributed by atoms with E-state index in [0.29, 0.717) is 18.2 Å². The molecule has 1 aromatic heterocycles. The second kappa shape index (κ2) is 5.03. The van der Waals surface area contributed by atoms with Crippen molar-refractivity contribution in [1.82, 2.24) is 10.3 Å². The lowest BCUT2D eigenvalue weighted by atomic mass is 9.73. The Bertz CT molecular complexity index is 531. The molecule has 0 spiro atoms. The summed E-state index contributed by atoms with van der Waals surface area (Å²) in [6.45, 7) is 1.60. The molecule has 0 amide bonds. The first-order valence-electron chi connectivity index (χ1n) is 8.28. The quantitative estimate of drug-likeness (QED) is 0.760. The number of aromatic amines is 1. The minimum Gasteiger partial charge on any atom is -0.362 e. The van der Waals surface area contributed by atoms with Crippen molar-refractivity contribution < 1.29 is 4.79 Å². The number of piperidine rings is 1. The lowest BCUT2D eigenvalue weighted by molar-refractivity contribution is -0.125. The van der Waals surface area contributed by atoms with Gasteiger partial charge >= 0.3 is 0 Å². The van der Waals surface area contributed by atoms with Crippen molar-refractivity contribution in [1.29, 1.82) is 0 Å². The van der Waals surface area contributed by atoms with E-state index in [1.165, 1.54) is 49.9 Å². The Kier molecular flexibility index (Phi) is 3.18. The van der Waals surface area contributed by atoms with Crippen LogP contribution in [0.2, 0.25) is 0 Å². The summed E-state index contributed by atoms with van der Waals surface area (Å²) in [6, 6.07) is 0. The van der Waals surface area contributed by atoms with Crippen LogP contribution in [0.25, 0.3) is 0 Å². The van der Waals surface area contributed by atoms with Crippen LogP contribution in [-0.2, 0) is 30.5 Å². The Labute approximate surface area is 120 Å². The molecule has 2 atom stereocenters. The second-order valence-electron chi connectivity index (χ2n) is 6.83. The fourth-order valence-electron chi connectivity index (χ4n) is 4.48. The summed E-state index contributed by atoms with van der Waals surface area (Å²) < 4.78 is 0. The third-order valence-electron chi connectivity index (χ3n) is 5.58. The van der Waals surface area contributed by atoms with Crippen LogP contribution in [-0.4, -0.2) is 23.9 Å². The molecule has 3 heteroatoms. The van der Waals surface area contributed by atoms with Crippen molar-refractivity contribution in [3.8, 4) is 0 Å². The molecule has 0 radical (unpaired) electrons. The zero-order chi connectivity index (χ0) is 13.5. The van der Waals surface area contributed by atoms with Crippen LogP contribution in [0.15, 0.2) is 0 Å². The van der Waals surface area contributed by atoms with Gasteiger partial charge in [-0.1, -0.05) is 12.8 Å². The molecule has 4 rings (SSSR count). The van der Waals surface area contributed by atoms with Gasteiger partial charge in [-0.15, -0.1) is 0 Å². The first kappa shape index (κ1) is 12.6. The van der Waals surface area contributed by atoms with Crippen molar-refractivity contribution in [2.75, 3.05) is 13.1 Å². The number of hydrogen-bond donors (Lipinski definition) is 2. The molecule has 108 valence electrons. The predicted octanol–water partition coefficient (Wildman–Crippen LogP) is 2.18. The van der Waals surface area contributed by atoms with Gasteiger partial charge in [0.1, 0.15) is 5.78 Å². The number of ketones is 1. The molecule has 1 aromatic rings. The van der Waals surface area contributed by atoms with Gasteiger partial charge in [0.15, 0.2) is 0 Å². The zero-order valence-electron chi connectivity index (χ0n) is 12.1. The average molecular weight is 272 g/mol. The van der Waals surface area contributed by atoms with Crippen LogP contribution in [0.1, 0.15) is 48.2 Å². The number of nitrogens with one attached hydrogen (secondary N) is 2. The van der Waals surface area contributed by atoms with Gasteiger partial charge in [-0.2, -0.15) is 0 Å². The Morgan fingerprint density at radius 3 is 2.65 bits per heavy atom. The Balaban J connectivity index is 1.69. The third-order valence-corrected chi connectivity index (χ3v) is 5.58. The van der Waals surface area contributed by atoms with Gasteiger partial charge in [-0.3, -0.25) is 4.79 Å². The minimum absolute atomic E-state index is 0.272. The molecule has 1 fully saturated rings. The summed E-state index contributed by atoms with van der Waals surface area (Å²) in [5.41, 5.74) is 6.10. The van der Waals surface area contributed by atoms with Crippen molar-refractivity contribution >= 4 is 5.78 Å². The molecular weight excluding hydrogens is 248 g/mol. The van der Waals surface area contributed by atoms with Crippen LogP contribution >= 0.6 is 0 Å². The molecule has 3 aliphatic rings. The smallest absolute Gasteiger partial charge is 0.150 e. The topological polar surface area (TPSA) is 44.9 Å². The van der Waals surface area contributed by atoms with E-state index in [0.717, 1.165) is 19.4 Å². The van der Waals surface area contributed by atoms with Gasteiger partial charge in [0.05, 0.1) is 6.54 Å². The maximum absolute atomic E-state index is 12.1. The Morgan fingerprint density at radius 2 is 1.75 bits per heavy atom. The monoisotopic (exact) mass is 272 g/mol. The van der Waals surface area contributed by atoms with Crippen LogP contribution < -0.4 is 5.32 Å². The van der Waals surface area contributed by atoms with Gasteiger partial charge in [0.25, 0.3) is 0 Å². The molecule has 1 saturated heterocycles. The Morgan fingerprint density at radius 1 is 0.900 bits per heavy atom. The Hall–Kier alpha value is -1.09. The SMILES string of the molecule is O=C1CNC[C@H]2Cc3c([nH]c4c3CCCCCC4)C[C@H]12. The number of hydrogen-bond acceptors (Lipinski definition) is 2. The third kappa shape index (κ3) is 2.03. The highest BCUT2D eigenvalue weighted by molar-refractivity contribution is 5.84. The van der Waals surface area contributed by atoms with Crippen LogP contribution in [0.3, 0.4) is 0 Å². The van der Waals surface area contributed by atoms with Gasteiger partial charge in [-0.25, -0.2) is 0 Å². The number of rotatable bonds is 0. The van der Waals surface area contributed by atoms with E-state index < -0.39 is 0 Å². The largest absolute Gasteiger partial charge is 0.362 e. The van der Waals surface area contributed by atoms with Crippen molar-refractivity contribution in [2.24, 2.45) is 11.8 Å². The molecule has 2 N–H and O–H groups in total.